The van der Waals surface area contributed by atoms with Crippen LogP contribution in [0.3, 0.4) is 0 Å². The van der Waals surface area contributed by atoms with Crippen molar-refractivity contribution in [2.24, 2.45) is 0 Å². The summed E-state index contributed by atoms with van der Waals surface area (Å²) >= 11 is 7.24. The molecular weight excluding hydrogens is 356 g/mol. The number of fused-ring (bicyclic) bond motifs is 1. The fraction of sp³-hybridized carbons (Fsp3) is 0.333. The van der Waals surface area contributed by atoms with Crippen LogP contribution < -0.4 is 4.74 Å². The molecule has 1 aromatic carbocycles. The third-order valence-electron chi connectivity index (χ3n) is 4.35. The monoisotopic (exact) mass is 372 g/mol. The zero-order valence-electron chi connectivity index (χ0n) is 14.2. The first-order valence-electron chi connectivity index (χ1n) is 7.87. The third-order valence-corrected chi connectivity index (χ3v) is 5.33. The molecule has 0 aliphatic rings. The summed E-state index contributed by atoms with van der Waals surface area (Å²) in [5, 5.41) is 14.9. The summed E-state index contributed by atoms with van der Waals surface area (Å²) in [7, 11) is 1.62. The van der Waals surface area contributed by atoms with Crippen molar-refractivity contribution in [1.82, 2.24) is 14.6 Å². The lowest BCUT2D eigenvalue weighted by atomic mass is 9.79. The minimum Gasteiger partial charge on any atom is -0.481 e. The largest absolute Gasteiger partial charge is 0.481 e. The highest BCUT2D eigenvalue weighted by molar-refractivity contribution is 7.10. The summed E-state index contributed by atoms with van der Waals surface area (Å²) in [4.78, 5) is 4.60. The van der Waals surface area contributed by atoms with Crippen molar-refractivity contribution in [2.45, 2.75) is 32.1 Å². The van der Waals surface area contributed by atoms with Gasteiger partial charge < -0.3 is 4.74 Å². The average molecular weight is 373 g/mol. The van der Waals surface area contributed by atoms with Gasteiger partial charge >= 0.3 is 0 Å². The minimum atomic E-state index is -0.772. The normalized spacial score (nSPS) is 13.4. The first kappa shape index (κ1) is 17.6. The second-order valence-electron chi connectivity index (χ2n) is 6.03. The van der Waals surface area contributed by atoms with E-state index in [1.54, 1.807) is 7.11 Å². The van der Waals surface area contributed by atoms with E-state index in [2.05, 4.69) is 33.6 Å². The molecule has 25 heavy (non-hydrogen) atoms. The van der Waals surface area contributed by atoms with E-state index in [1.807, 2.05) is 25.1 Å². The lowest BCUT2D eigenvalue weighted by Crippen LogP contribution is -2.23. The Bertz CT molecular complexity index is 965. The maximum atomic E-state index is 9.80. The van der Waals surface area contributed by atoms with Crippen LogP contribution in [0.2, 0.25) is 4.34 Å². The molecule has 0 amide bonds. The number of halogens is 1. The van der Waals surface area contributed by atoms with Crippen molar-refractivity contribution in [1.29, 1.82) is 5.26 Å². The summed E-state index contributed by atoms with van der Waals surface area (Å²) in [5.74, 6) is 0.623. The number of nitrogens with zero attached hydrogens (tertiary/aromatic N) is 4. The molecular formula is C18H17ClN4OS. The van der Waals surface area contributed by atoms with Gasteiger partial charge in [-0.1, -0.05) is 35.1 Å². The summed E-state index contributed by atoms with van der Waals surface area (Å²) < 4.78 is 9.76. The van der Waals surface area contributed by atoms with Crippen LogP contribution in [0.25, 0.3) is 10.9 Å². The number of hydrogen-bond acceptors (Lipinski definition) is 6. The van der Waals surface area contributed by atoms with Crippen molar-refractivity contribution in [2.75, 3.05) is 7.11 Å². The Labute approximate surface area is 155 Å². The van der Waals surface area contributed by atoms with E-state index in [1.165, 1.54) is 0 Å². The second-order valence-corrected chi connectivity index (χ2v) is 7.39. The molecule has 0 aliphatic heterocycles. The SMILES string of the molecule is CCc1cc2ccc(C(C)(C#N)Cc3nnsc3Cl)cc2nc1OC. The number of aromatic nitrogens is 3. The number of rotatable bonds is 5. The molecule has 0 N–H and O–H groups in total. The molecule has 0 saturated heterocycles. The summed E-state index contributed by atoms with van der Waals surface area (Å²) in [6.07, 6.45) is 1.24. The molecule has 3 rings (SSSR count). The first-order chi connectivity index (χ1) is 12.0. The van der Waals surface area contributed by atoms with Crippen LogP contribution in [0.15, 0.2) is 24.3 Å². The predicted molar refractivity (Wildman–Crippen MR) is 99.3 cm³/mol. The van der Waals surface area contributed by atoms with Gasteiger partial charge in [-0.3, -0.25) is 0 Å². The first-order valence-corrected chi connectivity index (χ1v) is 9.02. The molecule has 2 heterocycles. The molecule has 3 aromatic rings. The molecule has 1 atom stereocenters. The lowest BCUT2D eigenvalue weighted by molar-refractivity contribution is 0.395. The van der Waals surface area contributed by atoms with Crippen molar-refractivity contribution in [3.8, 4) is 11.9 Å². The molecule has 0 fully saturated rings. The number of aryl methyl sites for hydroxylation is 1. The van der Waals surface area contributed by atoms with Crippen LogP contribution >= 0.6 is 23.1 Å². The molecule has 128 valence electrons. The fourth-order valence-corrected chi connectivity index (χ4v) is 3.44. The van der Waals surface area contributed by atoms with E-state index in [0.717, 1.165) is 40.0 Å². The highest BCUT2D eigenvalue weighted by Crippen LogP contribution is 2.33. The van der Waals surface area contributed by atoms with Gasteiger partial charge in [-0.15, -0.1) is 5.10 Å². The van der Waals surface area contributed by atoms with Crippen LogP contribution in [0.1, 0.15) is 30.7 Å². The smallest absolute Gasteiger partial charge is 0.216 e. The predicted octanol–water partition coefficient (Wildman–Crippen LogP) is 4.33. The van der Waals surface area contributed by atoms with Gasteiger partial charge in [0.15, 0.2) is 0 Å². The van der Waals surface area contributed by atoms with Gasteiger partial charge in [0.2, 0.25) is 5.88 Å². The highest BCUT2D eigenvalue weighted by atomic mass is 35.5. The molecule has 1 unspecified atom stereocenters. The van der Waals surface area contributed by atoms with Gasteiger partial charge in [0.25, 0.3) is 0 Å². The van der Waals surface area contributed by atoms with Crippen LogP contribution in [0, 0.1) is 11.3 Å². The quantitative estimate of drug-likeness (QED) is 0.666. The number of hydrogen-bond donors (Lipinski definition) is 0. The summed E-state index contributed by atoms with van der Waals surface area (Å²) in [6, 6.07) is 10.4. The summed E-state index contributed by atoms with van der Waals surface area (Å²) in [6.45, 7) is 3.94. The van der Waals surface area contributed by atoms with Gasteiger partial charge in [0, 0.05) is 28.9 Å². The van der Waals surface area contributed by atoms with Crippen LogP contribution in [0.4, 0.5) is 0 Å². The molecule has 5 nitrogen and oxygen atoms in total. The maximum absolute atomic E-state index is 9.80. The van der Waals surface area contributed by atoms with Gasteiger partial charge in [-0.25, -0.2) is 4.98 Å². The molecule has 0 spiro atoms. The van der Waals surface area contributed by atoms with E-state index in [4.69, 9.17) is 16.3 Å². The van der Waals surface area contributed by atoms with Gasteiger partial charge in [0.1, 0.15) is 4.34 Å². The molecule has 0 saturated carbocycles. The zero-order chi connectivity index (χ0) is 18.0. The Kier molecular flexibility index (Phi) is 4.89. The van der Waals surface area contributed by atoms with Crippen molar-refractivity contribution >= 4 is 34.0 Å². The molecule has 2 aromatic heterocycles. The number of pyridine rings is 1. The molecule has 7 heteroatoms. The van der Waals surface area contributed by atoms with Crippen LogP contribution in [-0.2, 0) is 18.3 Å². The minimum absolute atomic E-state index is 0.397. The third kappa shape index (κ3) is 3.30. The molecule has 0 radical (unpaired) electrons. The Hall–Kier alpha value is -2.23. The molecule has 0 aliphatic carbocycles. The van der Waals surface area contributed by atoms with Crippen molar-refractivity contribution in [3.05, 3.63) is 45.4 Å². The number of nitriles is 1. The van der Waals surface area contributed by atoms with E-state index in [9.17, 15) is 5.26 Å². The standard InChI is InChI=1S/C18H17ClN4OS/c1-4-11-7-12-5-6-13(8-14(12)21-17(11)24-3)18(2,10-20)9-15-16(19)25-23-22-15/h5-8H,4,9H2,1-3H3. The second kappa shape index (κ2) is 6.95. The zero-order valence-corrected chi connectivity index (χ0v) is 15.8. The highest BCUT2D eigenvalue weighted by Gasteiger charge is 2.30. The molecule has 0 bridgehead atoms. The van der Waals surface area contributed by atoms with E-state index >= 15 is 0 Å². The Balaban J connectivity index is 2.07. The van der Waals surface area contributed by atoms with Crippen molar-refractivity contribution < 1.29 is 4.74 Å². The van der Waals surface area contributed by atoms with Gasteiger partial charge in [-0.05, 0) is 31.0 Å². The average Bonchev–Trinajstić information content (AvgIpc) is 3.04. The number of ether oxygens (including phenoxy) is 1. The van der Waals surface area contributed by atoms with Crippen LogP contribution in [-0.4, -0.2) is 21.7 Å². The van der Waals surface area contributed by atoms with Crippen LogP contribution in [0.5, 0.6) is 5.88 Å². The van der Waals surface area contributed by atoms with E-state index in [0.29, 0.717) is 22.3 Å². The Morgan fingerprint density at radius 1 is 1.36 bits per heavy atom. The number of benzene rings is 1. The Morgan fingerprint density at radius 2 is 2.16 bits per heavy atom. The topological polar surface area (TPSA) is 71.7 Å². The van der Waals surface area contributed by atoms with Crippen molar-refractivity contribution in [3.63, 3.8) is 0 Å². The van der Waals surface area contributed by atoms with E-state index < -0.39 is 5.41 Å². The van der Waals surface area contributed by atoms with E-state index in [-0.39, 0.29) is 0 Å². The number of methoxy groups -OCH3 is 1. The van der Waals surface area contributed by atoms with Gasteiger partial charge in [-0.2, -0.15) is 5.26 Å². The summed E-state index contributed by atoms with van der Waals surface area (Å²) in [5.41, 5.74) is 2.60. The lowest BCUT2D eigenvalue weighted by Gasteiger charge is -2.21. The fourth-order valence-electron chi connectivity index (χ4n) is 2.81. The van der Waals surface area contributed by atoms with Gasteiger partial charge in [0.05, 0.1) is 29.8 Å². The Morgan fingerprint density at radius 3 is 2.76 bits per heavy atom. The maximum Gasteiger partial charge on any atom is 0.216 e.